The van der Waals surface area contributed by atoms with Gasteiger partial charge in [0, 0.05) is 28.7 Å². The van der Waals surface area contributed by atoms with Crippen LogP contribution in [0.3, 0.4) is 0 Å². The van der Waals surface area contributed by atoms with E-state index in [2.05, 4.69) is 20.8 Å². The number of aromatic amines is 1. The van der Waals surface area contributed by atoms with E-state index < -0.39 is 0 Å². The Morgan fingerprint density at radius 2 is 1.83 bits per heavy atom. The molecule has 0 saturated heterocycles. The normalized spacial score (nSPS) is 15.2. The number of nitrogens with zero attached hydrogens (tertiary/aromatic N) is 1. The highest BCUT2D eigenvalue weighted by Gasteiger charge is 2.21. The van der Waals surface area contributed by atoms with Gasteiger partial charge >= 0.3 is 0 Å². The number of hydrazone groups is 1. The van der Waals surface area contributed by atoms with E-state index in [-0.39, 0.29) is 17.7 Å². The highest BCUT2D eigenvalue weighted by Crippen LogP contribution is 2.25. The standard InChI is InChI=1S/C24H26N4O2/c1-16(27-28-24(30)21-15-25-22-13-6-5-12-20(21)22)18-10-7-11-19(14-18)26-23(29)17-8-3-2-4-9-17/h5-7,10-15,17,25H,2-4,8-9H2,1H3,(H,26,29)(H,28,30)/b27-16-. The van der Waals surface area contributed by atoms with E-state index >= 15 is 0 Å². The SMILES string of the molecule is C/C(=N/NC(=O)c1c[nH]c2ccccc12)c1cccc(NC(=O)C2CCCCC2)c1. The van der Waals surface area contributed by atoms with Crippen molar-refractivity contribution in [3.8, 4) is 0 Å². The predicted molar refractivity (Wildman–Crippen MR) is 120 cm³/mol. The van der Waals surface area contributed by atoms with Crippen molar-refractivity contribution >= 4 is 34.1 Å². The Labute approximate surface area is 175 Å². The molecular formula is C24H26N4O2. The van der Waals surface area contributed by atoms with Gasteiger partial charge in [-0.2, -0.15) is 5.10 Å². The molecule has 1 aromatic heterocycles. The summed E-state index contributed by atoms with van der Waals surface area (Å²) >= 11 is 0. The minimum absolute atomic E-state index is 0.0917. The fraction of sp³-hybridized carbons (Fsp3) is 0.292. The van der Waals surface area contributed by atoms with E-state index in [0.717, 1.165) is 47.8 Å². The molecule has 1 aliphatic rings. The summed E-state index contributed by atoms with van der Waals surface area (Å²) in [5.74, 6) is -0.0738. The first kappa shape index (κ1) is 19.9. The fourth-order valence-corrected chi connectivity index (χ4v) is 3.95. The second-order valence-electron chi connectivity index (χ2n) is 7.79. The first-order chi connectivity index (χ1) is 14.6. The lowest BCUT2D eigenvalue weighted by atomic mass is 9.88. The molecule has 0 spiro atoms. The van der Waals surface area contributed by atoms with Crippen molar-refractivity contribution in [3.05, 3.63) is 65.9 Å². The highest BCUT2D eigenvalue weighted by molar-refractivity contribution is 6.07. The number of aromatic nitrogens is 1. The monoisotopic (exact) mass is 402 g/mol. The van der Waals surface area contributed by atoms with E-state index in [4.69, 9.17) is 0 Å². The zero-order chi connectivity index (χ0) is 20.9. The maximum atomic E-state index is 12.5. The van der Waals surface area contributed by atoms with Crippen LogP contribution in [0, 0.1) is 5.92 Å². The van der Waals surface area contributed by atoms with Crippen LogP contribution in [-0.4, -0.2) is 22.5 Å². The van der Waals surface area contributed by atoms with Crippen LogP contribution in [0.5, 0.6) is 0 Å². The molecular weight excluding hydrogens is 376 g/mol. The van der Waals surface area contributed by atoms with Gasteiger partial charge in [-0.3, -0.25) is 9.59 Å². The Kier molecular flexibility index (Phi) is 5.93. The maximum Gasteiger partial charge on any atom is 0.273 e. The van der Waals surface area contributed by atoms with Crippen molar-refractivity contribution < 1.29 is 9.59 Å². The highest BCUT2D eigenvalue weighted by atomic mass is 16.2. The number of fused-ring (bicyclic) bond motifs is 1. The number of anilines is 1. The van der Waals surface area contributed by atoms with Gasteiger partial charge in [-0.25, -0.2) is 5.43 Å². The minimum atomic E-state index is -0.270. The fourth-order valence-electron chi connectivity index (χ4n) is 3.95. The van der Waals surface area contributed by atoms with Crippen LogP contribution in [0.15, 0.2) is 59.8 Å². The lowest BCUT2D eigenvalue weighted by molar-refractivity contribution is -0.120. The summed E-state index contributed by atoms with van der Waals surface area (Å²) in [6.07, 6.45) is 7.09. The number of carbonyl (C=O) groups excluding carboxylic acids is 2. The average molecular weight is 402 g/mol. The summed E-state index contributed by atoms with van der Waals surface area (Å²) < 4.78 is 0. The molecule has 0 radical (unpaired) electrons. The van der Waals surface area contributed by atoms with Gasteiger partial charge < -0.3 is 10.3 Å². The number of hydrogen-bond acceptors (Lipinski definition) is 3. The molecule has 0 aliphatic heterocycles. The van der Waals surface area contributed by atoms with E-state index in [1.165, 1.54) is 6.42 Å². The van der Waals surface area contributed by atoms with Gasteiger partial charge in [0.1, 0.15) is 0 Å². The Balaban J connectivity index is 1.43. The van der Waals surface area contributed by atoms with Gasteiger partial charge in [0.25, 0.3) is 5.91 Å². The van der Waals surface area contributed by atoms with E-state index in [9.17, 15) is 9.59 Å². The third-order valence-corrected chi connectivity index (χ3v) is 5.68. The molecule has 1 aliphatic carbocycles. The zero-order valence-corrected chi connectivity index (χ0v) is 17.1. The van der Waals surface area contributed by atoms with Crippen LogP contribution >= 0.6 is 0 Å². The third kappa shape index (κ3) is 4.43. The first-order valence-corrected chi connectivity index (χ1v) is 10.4. The number of amides is 2. The summed E-state index contributed by atoms with van der Waals surface area (Å²) in [6.45, 7) is 1.83. The van der Waals surface area contributed by atoms with Crippen LogP contribution in [0.4, 0.5) is 5.69 Å². The van der Waals surface area contributed by atoms with E-state index in [1.807, 2.05) is 55.5 Å². The predicted octanol–water partition coefficient (Wildman–Crippen LogP) is 4.84. The summed E-state index contributed by atoms with van der Waals surface area (Å²) in [6, 6.07) is 15.2. The van der Waals surface area contributed by atoms with Gasteiger partial charge in [-0.15, -0.1) is 0 Å². The van der Waals surface area contributed by atoms with Crippen molar-refractivity contribution in [2.75, 3.05) is 5.32 Å². The number of hydrogen-bond donors (Lipinski definition) is 3. The molecule has 3 N–H and O–H groups in total. The largest absolute Gasteiger partial charge is 0.360 e. The summed E-state index contributed by atoms with van der Waals surface area (Å²) in [5, 5.41) is 8.14. The van der Waals surface area contributed by atoms with Gasteiger partial charge in [-0.1, -0.05) is 49.6 Å². The zero-order valence-electron chi connectivity index (χ0n) is 17.1. The van der Waals surface area contributed by atoms with Crippen LogP contribution in [0.25, 0.3) is 10.9 Å². The number of rotatable bonds is 5. The van der Waals surface area contributed by atoms with Crippen molar-refractivity contribution in [1.82, 2.24) is 10.4 Å². The van der Waals surface area contributed by atoms with Crippen LogP contribution < -0.4 is 10.7 Å². The molecule has 0 unspecified atom stereocenters. The summed E-state index contributed by atoms with van der Waals surface area (Å²) in [4.78, 5) is 28.1. The second kappa shape index (κ2) is 8.95. The molecule has 1 fully saturated rings. The molecule has 4 rings (SSSR count). The molecule has 0 bridgehead atoms. The number of benzene rings is 2. The van der Waals surface area contributed by atoms with E-state index in [1.54, 1.807) is 6.20 Å². The Morgan fingerprint density at radius 1 is 1.03 bits per heavy atom. The van der Waals surface area contributed by atoms with Gasteiger partial charge in [0.15, 0.2) is 0 Å². The molecule has 0 atom stereocenters. The topological polar surface area (TPSA) is 86.3 Å². The van der Waals surface area contributed by atoms with Crippen molar-refractivity contribution in [3.63, 3.8) is 0 Å². The molecule has 6 nitrogen and oxygen atoms in total. The van der Waals surface area contributed by atoms with Gasteiger partial charge in [0.05, 0.1) is 11.3 Å². The van der Waals surface area contributed by atoms with Crippen molar-refractivity contribution in [1.29, 1.82) is 0 Å². The average Bonchev–Trinajstić information content (AvgIpc) is 3.22. The van der Waals surface area contributed by atoms with Crippen molar-refractivity contribution in [2.24, 2.45) is 11.0 Å². The van der Waals surface area contributed by atoms with Crippen molar-refractivity contribution in [2.45, 2.75) is 39.0 Å². The first-order valence-electron chi connectivity index (χ1n) is 10.4. The Morgan fingerprint density at radius 3 is 2.67 bits per heavy atom. The van der Waals surface area contributed by atoms with E-state index in [0.29, 0.717) is 11.3 Å². The number of carbonyl (C=O) groups is 2. The molecule has 6 heteroatoms. The molecule has 30 heavy (non-hydrogen) atoms. The molecule has 2 aromatic carbocycles. The maximum absolute atomic E-state index is 12.5. The lowest BCUT2D eigenvalue weighted by Gasteiger charge is -2.20. The number of nitrogens with one attached hydrogen (secondary N) is 3. The molecule has 1 heterocycles. The van der Waals surface area contributed by atoms with Gasteiger partial charge in [-0.05, 0) is 43.5 Å². The quantitative estimate of drug-likeness (QED) is 0.421. The van der Waals surface area contributed by atoms with Crippen LogP contribution in [0.2, 0.25) is 0 Å². The summed E-state index contributed by atoms with van der Waals surface area (Å²) in [7, 11) is 0. The molecule has 154 valence electrons. The number of para-hydroxylation sites is 1. The molecule has 1 saturated carbocycles. The Bertz CT molecular complexity index is 1090. The molecule has 2 amide bonds. The summed E-state index contributed by atoms with van der Waals surface area (Å²) in [5.41, 5.74) is 6.35. The smallest absolute Gasteiger partial charge is 0.273 e. The second-order valence-corrected chi connectivity index (χ2v) is 7.79. The van der Waals surface area contributed by atoms with Gasteiger partial charge in [0.2, 0.25) is 5.91 Å². The minimum Gasteiger partial charge on any atom is -0.360 e. The van der Waals surface area contributed by atoms with Crippen LogP contribution in [-0.2, 0) is 4.79 Å². The van der Waals surface area contributed by atoms with Crippen LogP contribution in [0.1, 0.15) is 54.9 Å². The lowest BCUT2D eigenvalue weighted by Crippen LogP contribution is -2.24. The Hall–Kier alpha value is -3.41. The number of H-pyrrole nitrogens is 1. The third-order valence-electron chi connectivity index (χ3n) is 5.68. The molecule has 3 aromatic rings.